The number of carbonyl (C=O) groups excluding carboxylic acids is 4. The van der Waals surface area contributed by atoms with Gasteiger partial charge in [0.1, 0.15) is 23.7 Å². The second-order valence-corrected chi connectivity index (χ2v) is 22.3. The quantitative estimate of drug-likeness (QED) is 0.112. The Hall–Kier alpha value is -6.26. The number of rotatable bonds is 6. The zero-order chi connectivity index (χ0) is 49.1. The molecule has 16 rings (SSSR count). The van der Waals surface area contributed by atoms with Gasteiger partial charge >= 0.3 is 12.2 Å². The van der Waals surface area contributed by atoms with Gasteiger partial charge in [-0.25, -0.2) is 19.6 Å². The second kappa shape index (κ2) is 17.7. The van der Waals surface area contributed by atoms with Gasteiger partial charge in [-0.3, -0.25) is 9.59 Å². The van der Waals surface area contributed by atoms with Gasteiger partial charge in [0.15, 0.2) is 0 Å². The molecule has 4 bridgehead atoms. The van der Waals surface area contributed by atoms with E-state index in [-0.39, 0.29) is 65.6 Å². The van der Waals surface area contributed by atoms with Gasteiger partial charge < -0.3 is 50.1 Å². The molecule has 6 N–H and O–H groups in total. The maximum Gasteiger partial charge on any atom is 0.407 e. The van der Waals surface area contributed by atoms with Gasteiger partial charge in [-0.05, 0) is 141 Å². The Labute approximate surface area is 417 Å². The largest absolute Gasteiger partial charge is 0.453 e. The summed E-state index contributed by atoms with van der Waals surface area (Å²) in [6.45, 7) is 0. The molecule has 6 fully saturated rings. The molecule has 4 aliphatic heterocycles. The van der Waals surface area contributed by atoms with E-state index in [0.717, 1.165) is 123 Å². The number of piperidine rings is 2. The number of hydrogen-bond donors (Lipinski definition) is 6. The van der Waals surface area contributed by atoms with Crippen molar-refractivity contribution in [3.05, 3.63) is 101 Å². The number of imidazole rings is 2. The summed E-state index contributed by atoms with van der Waals surface area (Å²) < 4.78 is 9.68. The van der Waals surface area contributed by atoms with E-state index in [2.05, 4.69) is 87.4 Å². The molecule has 4 amide bonds. The molecule has 0 radical (unpaired) electrons. The molecule has 15 atom stereocenters. The number of fused-ring (bicyclic) bond motifs is 2. The minimum Gasteiger partial charge on any atom is -0.453 e. The standard InChI is InChI=1S/C56H64N8O8/c1-71-55(69)61-45-49(65)35-7-3-5-33-25-43(63(47(33)35)53(45)67)51-57-39-19-17-31(23-41(39)59-51)37-21-27-9-13-29(37)15-11-28-10-14-30(16-12-27)38(22-28)32-18-20-40-42(24-32)60-52(58-40)44-26-34-6-4-8-36-48(34)64(44)54(68)46(50(36)66)62-56(70)72-2/h9,13-14,17-24,28-29,33-37,43-50,65-66H,3-8,10-12,15-16,25-26H2,1-2H3,(H,57,59)(H,58,60)(H,61,69)(H,62,70)/t28?,29?,33-,34-,35?,36?,37+,43-,44-,45?,46-,47+,48+,49+,50+/m0/s1. The molecule has 5 unspecified atom stereocenters. The van der Waals surface area contributed by atoms with E-state index in [4.69, 9.17) is 19.4 Å². The van der Waals surface area contributed by atoms with Gasteiger partial charge in [0.2, 0.25) is 11.8 Å². The number of nitrogens with one attached hydrogen (secondary N) is 4. The number of nitrogens with zero attached hydrogens (tertiary/aromatic N) is 4. The third-order valence-corrected chi connectivity index (χ3v) is 18.7. The van der Waals surface area contributed by atoms with E-state index in [0.29, 0.717) is 11.8 Å². The molecule has 376 valence electrons. The summed E-state index contributed by atoms with van der Waals surface area (Å²) >= 11 is 0. The summed E-state index contributed by atoms with van der Waals surface area (Å²) in [7, 11) is 2.53. The lowest BCUT2D eigenvalue weighted by Crippen LogP contribution is -2.66. The lowest BCUT2D eigenvalue weighted by Gasteiger charge is -2.48. The minimum absolute atomic E-state index is 0.0906. The SMILES string of the molecule is COC(=O)NC1C(=O)N2[C@H](c3nc4ccc([C@@H]5C=C6C=CC5CCC5C=C(c7ccc8nc([C@@H]9C[C@@H]%10CCCC%11[C@@H](O)[C@H](NC(=O)OC)C(=O)N9[C@@H]%11%10)[nH]c8c7)C(=CC5)CC6)cc4[nH]3)C[C@@H]3CCCC([C@H]1O)[C@@H]32. The Morgan fingerprint density at radius 3 is 1.93 bits per heavy atom. The highest BCUT2D eigenvalue weighted by Crippen LogP contribution is 2.54. The average molecular weight is 977 g/mol. The number of H-pyrrole nitrogens is 2. The number of alkyl carbamates (subject to hydrolysis) is 2. The van der Waals surface area contributed by atoms with Crippen LogP contribution in [0.1, 0.15) is 124 Å². The number of aliphatic hydroxyl groups excluding tert-OH is 2. The molecule has 2 aromatic carbocycles. The normalized spacial score (nSPS) is 35.8. The molecule has 4 aromatic rings. The molecular formula is C56H64N8O8. The summed E-state index contributed by atoms with van der Waals surface area (Å²) in [6.07, 6.45) is 20.8. The number of aromatic amines is 2. The van der Waals surface area contributed by atoms with Crippen molar-refractivity contribution in [3.8, 4) is 0 Å². The van der Waals surface area contributed by atoms with Crippen molar-refractivity contribution in [2.45, 2.75) is 138 Å². The Kier molecular flexibility index (Phi) is 11.2. The smallest absolute Gasteiger partial charge is 0.407 e. The van der Waals surface area contributed by atoms with Crippen LogP contribution in [0.25, 0.3) is 27.6 Å². The third kappa shape index (κ3) is 7.43. The summed E-state index contributed by atoms with van der Waals surface area (Å²) in [6, 6.07) is 10.2. The van der Waals surface area contributed by atoms with Crippen molar-refractivity contribution in [3.63, 3.8) is 0 Å². The van der Waals surface area contributed by atoms with E-state index in [1.807, 2.05) is 9.80 Å². The van der Waals surface area contributed by atoms with Crippen molar-refractivity contribution < 1.29 is 38.9 Å². The molecule has 0 spiro atoms. The topological polar surface area (TPSA) is 215 Å². The number of allylic oxidation sites excluding steroid dienone is 8. The highest BCUT2D eigenvalue weighted by molar-refractivity contribution is 5.90. The number of hydrogen-bond acceptors (Lipinski definition) is 10. The van der Waals surface area contributed by atoms with Crippen molar-refractivity contribution in [2.75, 3.05) is 14.2 Å². The van der Waals surface area contributed by atoms with Crippen molar-refractivity contribution in [1.29, 1.82) is 0 Å². The van der Waals surface area contributed by atoms with Crippen molar-refractivity contribution in [2.24, 2.45) is 35.5 Å². The monoisotopic (exact) mass is 976 g/mol. The van der Waals surface area contributed by atoms with E-state index in [1.54, 1.807) is 0 Å². The first kappa shape index (κ1) is 45.6. The lowest BCUT2D eigenvalue weighted by atomic mass is 9.71. The van der Waals surface area contributed by atoms with Crippen LogP contribution in [-0.2, 0) is 19.1 Å². The first-order chi connectivity index (χ1) is 35.0. The molecule has 2 saturated carbocycles. The number of methoxy groups -OCH3 is 2. The molecule has 8 aliphatic carbocycles. The first-order valence-corrected chi connectivity index (χ1v) is 26.5. The molecule has 12 aliphatic rings. The summed E-state index contributed by atoms with van der Waals surface area (Å²) in [5.74, 6) is 2.11. The van der Waals surface area contributed by atoms with Crippen molar-refractivity contribution in [1.82, 2.24) is 40.4 Å². The predicted octanol–water partition coefficient (Wildman–Crippen LogP) is 7.55. The van der Waals surface area contributed by atoms with Crippen LogP contribution in [0.4, 0.5) is 9.59 Å². The fourth-order valence-electron chi connectivity index (χ4n) is 15.4. The van der Waals surface area contributed by atoms with E-state index >= 15 is 0 Å². The van der Waals surface area contributed by atoms with Crippen LogP contribution in [-0.4, -0.2) is 115 Å². The Morgan fingerprint density at radius 1 is 0.722 bits per heavy atom. The van der Waals surface area contributed by atoms with Gasteiger partial charge in [-0.15, -0.1) is 0 Å². The number of ether oxygens (including phenoxy) is 2. The molecule has 16 nitrogen and oxygen atoms in total. The first-order valence-electron chi connectivity index (χ1n) is 26.5. The van der Waals surface area contributed by atoms with Gasteiger partial charge in [0.25, 0.3) is 0 Å². The number of benzene rings is 2. The zero-order valence-electron chi connectivity index (χ0n) is 40.8. The maximum absolute atomic E-state index is 14.1. The van der Waals surface area contributed by atoms with Gasteiger partial charge in [0.05, 0.1) is 60.6 Å². The fourth-order valence-corrected chi connectivity index (χ4v) is 15.4. The van der Waals surface area contributed by atoms with Gasteiger partial charge in [-0.2, -0.15) is 0 Å². The number of carbonyl (C=O) groups is 4. The maximum atomic E-state index is 14.1. The molecule has 2 aromatic heterocycles. The third-order valence-electron chi connectivity index (χ3n) is 18.7. The summed E-state index contributed by atoms with van der Waals surface area (Å²) in [5.41, 5.74) is 9.93. The number of aromatic nitrogens is 4. The minimum atomic E-state index is -1.06. The molecular weight excluding hydrogens is 913 g/mol. The molecule has 72 heavy (non-hydrogen) atoms. The van der Waals surface area contributed by atoms with Crippen LogP contribution in [0.15, 0.2) is 77.9 Å². The molecule has 4 saturated heterocycles. The lowest BCUT2D eigenvalue weighted by molar-refractivity contribution is -0.154. The van der Waals surface area contributed by atoms with Crippen LogP contribution in [0.5, 0.6) is 0 Å². The zero-order valence-corrected chi connectivity index (χ0v) is 40.8. The highest BCUT2D eigenvalue weighted by Gasteiger charge is 2.60. The van der Waals surface area contributed by atoms with Gasteiger partial charge in [-0.1, -0.05) is 60.9 Å². The summed E-state index contributed by atoms with van der Waals surface area (Å²) in [4.78, 5) is 74.2. The van der Waals surface area contributed by atoms with Crippen LogP contribution >= 0.6 is 0 Å². The Morgan fingerprint density at radius 2 is 1.32 bits per heavy atom. The molecule has 6 heterocycles. The van der Waals surface area contributed by atoms with Crippen LogP contribution in [0, 0.1) is 35.5 Å². The van der Waals surface area contributed by atoms with Crippen molar-refractivity contribution >= 4 is 51.6 Å². The Bertz CT molecular complexity index is 3010. The van der Waals surface area contributed by atoms with Crippen LogP contribution in [0.3, 0.4) is 0 Å². The number of aliphatic hydroxyl groups is 2. The van der Waals surface area contributed by atoms with Gasteiger partial charge in [0, 0.05) is 29.8 Å². The fraction of sp³-hybridized carbons (Fsp3) is 0.536. The average Bonchev–Trinajstić information content (AvgIpc) is 4.21. The van der Waals surface area contributed by atoms with Crippen LogP contribution < -0.4 is 10.6 Å². The summed E-state index contributed by atoms with van der Waals surface area (Å²) in [5, 5.41) is 28.0. The van der Waals surface area contributed by atoms with E-state index < -0.39 is 36.5 Å². The number of amides is 4. The van der Waals surface area contributed by atoms with E-state index in [9.17, 15) is 29.4 Å². The predicted molar refractivity (Wildman–Crippen MR) is 267 cm³/mol. The van der Waals surface area contributed by atoms with Crippen LogP contribution in [0.2, 0.25) is 0 Å². The Balaban J connectivity index is 0.737. The highest BCUT2D eigenvalue weighted by atomic mass is 16.5. The second-order valence-electron chi connectivity index (χ2n) is 22.3. The van der Waals surface area contributed by atoms with E-state index in [1.165, 1.54) is 36.5 Å². The molecule has 16 heteroatoms.